The van der Waals surface area contributed by atoms with Crippen LogP contribution in [0.4, 0.5) is 5.69 Å². The molecule has 0 heterocycles. The quantitative estimate of drug-likeness (QED) is 0.646. The van der Waals surface area contributed by atoms with Gasteiger partial charge in [0, 0.05) is 10.5 Å². The van der Waals surface area contributed by atoms with E-state index in [0.29, 0.717) is 16.1 Å². The second-order valence-electron chi connectivity index (χ2n) is 4.99. The summed E-state index contributed by atoms with van der Waals surface area (Å²) < 4.78 is 0.842. The smallest absolute Gasteiger partial charge is 0.0835 e. The van der Waals surface area contributed by atoms with Crippen LogP contribution >= 0.6 is 39.1 Å². The molecular weight excluding hydrogens is 333 g/mol. The highest BCUT2D eigenvalue weighted by Gasteiger charge is 2.20. The predicted octanol–water partition coefficient (Wildman–Crippen LogP) is 6.14. The topological polar surface area (TPSA) is 12.0 Å². The van der Waals surface area contributed by atoms with E-state index in [-0.39, 0.29) is 0 Å². The first-order chi connectivity index (χ1) is 8.61. The molecule has 1 aliphatic rings. The van der Waals surface area contributed by atoms with E-state index in [1.54, 1.807) is 0 Å². The first-order valence-corrected chi connectivity index (χ1v) is 8.06. The number of nitrogens with one attached hydrogen (secondary N) is 1. The van der Waals surface area contributed by atoms with Crippen molar-refractivity contribution in [3.63, 3.8) is 0 Å². The van der Waals surface area contributed by atoms with Crippen molar-refractivity contribution >= 4 is 44.8 Å². The van der Waals surface area contributed by atoms with E-state index in [0.717, 1.165) is 16.1 Å². The fourth-order valence-corrected chi connectivity index (χ4v) is 3.40. The summed E-state index contributed by atoms with van der Waals surface area (Å²) in [6.45, 7) is 2.28. The molecule has 1 aromatic rings. The van der Waals surface area contributed by atoms with Crippen molar-refractivity contribution in [3.8, 4) is 0 Å². The minimum absolute atomic E-state index is 0.530. The maximum atomic E-state index is 6.25. The molecule has 1 fully saturated rings. The van der Waals surface area contributed by atoms with Gasteiger partial charge < -0.3 is 5.32 Å². The normalized spacial score (nSPS) is 24.0. The average Bonchev–Trinajstić information content (AvgIpc) is 2.40. The third kappa shape index (κ3) is 3.34. The molecule has 0 amide bonds. The molecule has 0 spiro atoms. The molecule has 0 aromatic heterocycles. The van der Waals surface area contributed by atoms with Gasteiger partial charge in [-0.2, -0.15) is 0 Å². The zero-order valence-corrected chi connectivity index (χ0v) is 13.6. The molecule has 0 unspecified atom stereocenters. The minimum Gasteiger partial charge on any atom is -0.381 e. The monoisotopic (exact) mass is 349 g/mol. The summed E-state index contributed by atoms with van der Waals surface area (Å²) >= 11 is 15.8. The van der Waals surface area contributed by atoms with Crippen LogP contribution in [0.1, 0.15) is 39.0 Å². The van der Waals surface area contributed by atoms with Crippen LogP contribution in [0.3, 0.4) is 0 Å². The van der Waals surface area contributed by atoms with E-state index in [9.17, 15) is 0 Å². The van der Waals surface area contributed by atoms with Crippen LogP contribution < -0.4 is 5.32 Å². The third-order valence-corrected chi connectivity index (χ3v) is 5.59. The molecule has 1 aromatic carbocycles. The molecule has 1 nitrogen and oxygen atoms in total. The maximum Gasteiger partial charge on any atom is 0.0835 e. The van der Waals surface area contributed by atoms with Crippen LogP contribution in [0, 0.1) is 5.92 Å². The molecule has 1 saturated carbocycles. The molecule has 0 aliphatic heterocycles. The van der Waals surface area contributed by atoms with Gasteiger partial charge in [-0.15, -0.1) is 0 Å². The third-order valence-electron chi connectivity index (χ3n) is 3.82. The van der Waals surface area contributed by atoms with Gasteiger partial charge in [0.15, 0.2) is 0 Å². The number of anilines is 1. The first-order valence-electron chi connectivity index (χ1n) is 6.51. The highest BCUT2D eigenvalue weighted by atomic mass is 79.9. The lowest BCUT2D eigenvalue weighted by Gasteiger charge is -2.29. The van der Waals surface area contributed by atoms with Gasteiger partial charge in [0.1, 0.15) is 0 Å². The summed E-state index contributed by atoms with van der Waals surface area (Å²) in [6.07, 6.45) is 6.38. The summed E-state index contributed by atoms with van der Waals surface area (Å²) in [4.78, 5) is 0. The van der Waals surface area contributed by atoms with E-state index < -0.39 is 0 Å². The summed E-state index contributed by atoms with van der Waals surface area (Å²) in [7, 11) is 0. The Kier molecular flexibility index (Phi) is 5.23. The number of halogens is 3. The number of benzene rings is 1. The van der Waals surface area contributed by atoms with Crippen LogP contribution in [0.2, 0.25) is 10.0 Å². The highest BCUT2D eigenvalue weighted by molar-refractivity contribution is 9.10. The van der Waals surface area contributed by atoms with Crippen molar-refractivity contribution in [1.82, 2.24) is 0 Å². The summed E-state index contributed by atoms with van der Waals surface area (Å²) in [6, 6.07) is 4.46. The summed E-state index contributed by atoms with van der Waals surface area (Å²) in [5.74, 6) is 0.909. The number of rotatable bonds is 3. The summed E-state index contributed by atoms with van der Waals surface area (Å²) in [5.41, 5.74) is 0.949. The zero-order valence-electron chi connectivity index (χ0n) is 10.5. The Hall–Kier alpha value is 0.0800. The Morgan fingerprint density at radius 1 is 1.17 bits per heavy atom. The Bertz CT molecular complexity index is 415. The van der Waals surface area contributed by atoms with Gasteiger partial charge >= 0.3 is 0 Å². The van der Waals surface area contributed by atoms with Crippen molar-refractivity contribution in [2.75, 3.05) is 5.32 Å². The molecule has 2 rings (SSSR count). The van der Waals surface area contributed by atoms with Crippen LogP contribution in [-0.4, -0.2) is 6.04 Å². The van der Waals surface area contributed by atoms with Crippen LogP contribution in [-0.2, 0) is 0 Å². The van der Waals surface area contributed by atoms with E-state index in [4.69, 9.17) is 23.2 Å². The maximum absolute atomic E-state index is 6.25. The van der Waals surface area contributed by atoms with E-state index in [1.807, 2.05) is 12.1 Å². The minimum atomic E-state index is 0.530. The largest absolute Gasteiger partial charge is 0.381 e. The van der Waals surface area contributed by atoms with Gasteiger partial charge in [-0.05, 0) is 59.7 Å². The lowest BCUT2D eigenvalue weighted by atomic mass is 9.84. The second-order valence-corrected chi connectivity index (χ2v) is 6.60. The zero-order chi connectivity index (χ0) is 13.1. The van der Waals surface area contributed by atoms with E-state index in [1.165, 1.54) is 32.1 Å². The van der Waals surface area contributed by atoms with Gasteiger partial charge in [-0.3, -0.25) is 0 Å². The lowest BCUT2D eigenvalue weighted by molar-refractivity contribution is 0.330. The van der Waals surface area contributed by atoms with Crippen LogP contribution in [0.15, 0.2) is 16.6 Å². The molecule has 0 radical (unpaired) electrons. The van der Waals surface area contributed by atoms with Gasteiger partial charge in [0.05, 0.1) is 15.7 Å². The Morgan fingerprint density at radius 3 is 2.44 bits per heavy atom. The van der Waals surface area contributed by atoms with Crippen molar-refractivity contribution in [2.45, 2.75) is 45.1 Å². The standard InChI is InChI=1S/C14H18BrCl2N/c1-2-9-3-5-10(6-4-9)18-12-8-7-11(15)13(16)14(12)17/h7-10,18H,2-6H2,1H3. The predicted molar refractivity (Wildman–Crippen MR) is 83.8 cm³/mol. The fourth-order valence-electron chi connectivity index (χ4n) is 2.57. The van der Waals surface area contributed by atoms with Crippen molar-refractivity contribution in [1.29, 1.82) is 0 Å². The van der Waals surface area contributed by atoms with Crippen LogP contribution in [0.25, 0.3) is 0 Å². The molecule has 1 aliphatic carbocycles. The number of hydrogen-bond donors (Lipinski definition) is 1. The molecule has 1 N–H and O–H groups in total. The SMILES string of the molecule is CCC1CCC(Nc2ccc(Br)c(Cl)c2Cl)CC1. The second kappa shape index (κ2) is 6.49. The van der Waals surface area contributed by atoms with Gasteiger partial charge in [-0.1, -0.05) is 36.5 Å². The first kappa shape index (κ1) is 14.5. The summed E-state index contributed by atoms with van der Waals surface area (Å²) in [5, 5.41) is 4.73. The Balaban J connectivity index is 2.00. The van der Waals surface area contributed by atoms with Crippen molar-refractivity contribution in [2.24, 2.45) is 5.92 Å². The van der Waals surface area contributed by atoms with Crippen molar-refractivity contribution in [3.05, 3.63) is 26.7 Å². The Labute approximate surface area is 127 Å². The number of hydrogen-bond acceptors (Lipinski definition) is 1. The fraction of sp³-hybridized carbons (Fsp3) is 0.571. The van der Waals surface area contributed by atoms with Gasteiger partial charge in [0.2, 0.25) is 0 Å². The molecule has 0 bridgehead atoms. The molecule has 0 saturated heterocycles. The molecule has 100 valence electrons. The van der Waals surface area contributed by atoms with Crippen molar-refractivity contribution < 1.29 is 0 Å². The Morgan fingerprint density at radius 2 is 1.83 bits per heavy atom. The molecule has 18 heavy (non-hydrogen) atoms. The van der Waals surface area contributed by atoms with Gasteiger partial charge in [-0.25, -0.2) is 0 Å². The highest BCUT2D eigenvalue weighted by Crippen LogP contribution is 2.37. The molecular formula is C14H18BrCl2N. The molecule has 4 heteroatoms. The van der Waals surface area contributed by atoms with Crippen LogP contribution in [0.5, 0.6) is 0 Å². The average molecular weight is 351 g/mol. The van der Waals surface area contributed by atoms with E-state index >= 15 is 0 Å². The lowest BCUT2D eigenvalue weighted by Crippen LogP contribution is -2.26. The van der Waals surface area contributed by atoms with Gasteiger partial charge in [0.25, 0.3) is 0 Å². The van der Waals surface area contributed by atoms with E-state index in [2.05, 4.69) is 28.2 Å². The molecule has 0 atom stereocenters.